The molecule has 9 aromatic rings. The van der Waals surface area contributed by atoms with Crippen LogP contribution in [0.15, 0.2) is 155 Å². The average Bonchev–Trinajstić information content (AvgIpc) is 3.80. The van der Waals surface area contributed by atoms with E-state index in [9.17, 15) is 5.26 Å². The molecule has 3 heterocycles. The molecule has 3 aromatic heterocycles. The van der Waals surface area contributed by atoms with Gasteiger partial charge in [0, 0.05) is 37.9 Å². The van der Waals surface area contributed by atoms with Gasteiger partial charge in [0.2, 0.25) is 0 Å². The lowest BCUT2D eigenvalue weighted by Crippen LogP contribution is -2.00. The van der Waals surface area contributed by atoms with E-state index in [1.54, 1.807) is 0 Å². The normalized spacial score (nSPS) is 12.4. The highest BCUT2D eigenvalue weighted by molar-refractivity contribution is 6.26. The molecule has 0 aliphatic carbocycles. The Bertz CT molecular complexity index is 2830. The first-order valence-electron chi connectivity index (χ1n) is 16.0. The van der Waals surface area contributed by atoms with Crippen molar-refractivity contribution in [3.63, 3.8) is 0 Å². The molecule has 0 N–H and O–H groups in total. The molecule has 9 rings (SSSR count). The van der Waals surface area contributed by atoms with Crippen molar-refractivity contribution in [2.45, 2.75) is 6.92 Å². The molecule has 0 bridgehead atoms. The molecule has 226 valence electrons. The van der Waals surface area contributed by atoms with Crippen molar-refractivity contribution in [2.75, 3.05) is 0 Å². The lowest BCUT2D eigenvalue weighted by atomic mass is 9.97. The summed E-state index contributed by atoms with van der Waals surface area (Å²) in [5.41, 5.74) is 10.8. The van der Waals surface area contributed by atoms with E-state index in [2.05, 4.69) is 102 Å². The number of rotatable bonds is 5. The van der Waals surface area contributed by atoms with Crippen LogP contribution in [0.5, 0.6) is 0 Å². The van der Waals surface area contributed by atoms with Gasteiger partial charge in [0.1, 0.15) is 28.4 Å². The maximum absolute atomic E-state index is 10.4. The molecule has 0 radical (unpaired) electrons. The zero-order chi connectivity index (χ0) is 32.4. The Balaban J connectivity index is 1.34. The van der Waals surface area contributed by atoms with Gasteiger partial charge in [-0.3, -0.25) is 0 Å². The van der Waals surface area contributed by atoms with Gasteiger partial charge in [-0.05, 0) is 78.2 Å². The van der Waals surface area contributed by atoms with Crippen LogP contribution in [0.25, 0.3) is 88.1 Å². The number of allylic oxidation sites excluding steroid dienone is 5. The van der Waals surface area contributed by atoms with Crippen molar-refractivity contribution >= 4 is 71.3 Å². The molecule has 0 saturated carbocycles. The van der Waals surface area contributed by atoms with E-state index < -0.39 is 0 Å². The van der Waals surface area contributed by atoms with E-state index in [-0.39, 0.29) is 0 Å². The van der Waals surface area contributed by atoms with Crippen LogP contribution in [0.2, 0.25) is 0 Å². The van der Waals surface area contributed by atoms with Crippen LogP contribution in [0, 0.1) is 11.3 Å². The summed E-state index contributed by atoms with van der Waals surface area (Å²) in [7, 11) is 0. The van der Waals surface area contributed by atoms with Crippen LogP contribution in [0.4, 0.5) is 0 Å². The number of furan rings is 2. The largest absolute Gasteiger partial charge is 0.456 e. The van der Waals surface area contributed by atoms with Gasteiger partial charge < -0.3 is 13.4 Å². The molecule has 48 heavy (non-hydrogen) atoms. The highest BCUT2D eigenvalue weighted by Gasteiger charge is 2.21. The molecule has 0 atom stereocenters. The van der Waals surface area contributed by atoms with Crippen molar-refractivity contribution in [3.8, 4) is 22.9 Å². The molecule has 0 aliphatic rings. The van der Waals surface area contributed by atoms with Crippen molar-refractivity contribution in [1.82, 2.24) is 4.57 Å². The Morgan fingerprint density at radius 3 is 1.96 bits per heavy atom. The molecule has 0 saturated heterocycles. The predicted octanol–water partition coefficient (Wildman–Crippen LogP) is 12.3. The molecule has 6 aromatic carbocycles. The number of hydrogen-bond acceptors (Lipinski definition) is 3. The van der Waals surface area contributed by atoms with Crippen molar-refractivity contribution < 1.29 is 8.83 Å². The summed E-state index contributed by atoms with van der Waals surface area (Å²) in [6.07, 6.45) is 7.97. The summed E-state index contributed by atoms with van der Waals surface area (Å²) in [4.78, 5) is 0. The minimum Gasteiger partial charge on any atom is -0.456 e. The first kappa shape index (κ1) is 27.7. The zero-order valence-corrected chi connectivity index (χ0v) is 26.2. The van der Waals surface area contributed by atoms with Crippen LogP contribution in [0.3, 0.4) is 0 Å². The number of hydrogen-bond donors (Lipinski definition) is 0. The van der Waals surface area contributed by atoms with Gasteiger partial charge in [-0.15, -0.1) is 0 Å². The van der Waals surface area contributed by atoms with Crippen molar-refractivity contribution in [1.29, 1.82) is 5.26 Å². The fraction of sp³-hybridized carbons (Fsp3) is 0.0227. The Labute approximate surface area is 276 Å². The lowest BCUT2D eigenvalue weighted by Gasteiger charge is -2.16. The summed E-state index contributed by atoms with van der Waals surface area (Å²) in [6.45, 7) is 6.05. The van der Waals surface area contributed by atoms with Gasteiger partial charge >= 0.3 is 0 Å². The summed E-state index contributed by atoms with van der Waals surface area (Å²) in [6, 6.07) is 41.8. The van der Waals surface area contributed by atoms with Crippen LogP contribution < -0.4 is 0 Å². The maximum Gasteiger partial charge on any atom is 0.136 e. The molecule has 0 aliphatic heterocycles. The standard InChI is InChI=1S/C44H28N2O2/c1-3-5-11-27(4-2)28-18-20-38-34(24-28)42-40(47-38)22-23-41-43(42)35-25-29(19-21-39(35)48-41)31-15-10-12-30(26-45)44(31)46-36-16-8-6-13-32(36)33-14-7-9-17-37(33)46/h3-25H,2H2,1H3/b5-3-,27-11+. The quantitative estimate of drug-likeness (QED) is 0.181. The maximum atomic E-state index is 10.4. The number of nitrogens with zero attached hydrogens (tertiary/aromatic N) is 2. The molecule has 0 unspecified atom stereocenters. The monoisotopic (exact) mass is 616 g/mol. The third-order valence-corrected chi connectivity index (χ3v) is 9.36. The molecule has 4 nitrogen and oxygen atoms in total. The van der Waals surface area contributed by atoms with Crippen LogP contribution in [-0.2, 0) is 0 Å². The number of nitriles is 1. The third-order valence-electron chi connectivity index (χ3n) is 9.36. The highest BCUT2D eigenvalue weighted by atomic mass is 16.3. The highest BCUT2D eigenvalue weighted by Crippen LogP contribution is 2.43. The summed E-state index contributed by atoms with van der Waals surface area (Å²) in [5.74, 6) is 0. The zero-order valence-electron chi connectivity index (χ0n) is 26.2. The van der Waals surface area contributed by atoms with Gasteiger partial charge in [-0.25, -0.2) is 0 Å². The number of benzene rings is 6. The van der Waals surface area contributed by atoms with E-state index in [1.807, 2.05) is 61.5 Å². The van der Waals surface area contributed by atoms with Gasteiger partial charge in [0.05, 0.1) is 22.3 Å². The third kappa shape index (κ3) is 4.02. The van der Waals surface area contributed by atoms with Crippen LogP contribution in [-0.4, -0.2) is 4.57 Å². The lowest BCUT2D eigenvalue weighted by molar-refractivity contribution is 0.663. The minimum atomic E-state index is 0.607. The SMILES string of the molecule is C=C/C(=C\C=C/C)c1ccc2oc3ccc4oc5ccc(-c6cccc(C#N)c6-n6c7ccccc7c7ccccc76)cc5c4c3c2c1. The van der Waals surface area contributed by atoms with Gasteiger partial charge in [0.25, 0.3) is 0 Å². The molecule has 4 heteroatoms. The van der Waals surface area contributed by atoms with E-state index in [1.165, 1.54) is 0 Å². The fourth-order valence-corrected chi connectivity index (χ4v) is 7.24. The average molecular weight is 617 g/mol. The number of aromatic nitrogens is 1. The first-order chi connectivity index (χ1) is 23.7. The molecule has 0 fully saturated rings. The molecular weight excluding hydrogens is 588 g/mol. The van der Waals surface area contributed by atoms with E-state index in [0.717, 1.165) is 93.6 Å². The molecule has 0 spiro atoms. The van der Waals surface area contributed by atoms with E-state index in [0.29, 0.717) is 5.56 Å². The van der Waals surface area contributed by atoms with Gasteiger partial charge in [-0.2, -0.15) is 5.26 Å². The summed E-state index contributed by atoms with van der Waals surface area (Å²) >= 11 is 0. The minimum absolute atomic E-state index is 0.607. The first-order valence-corrected chi connectivity index (χ1v) is 16.0. The summed E-state index contributed by atoms with van der Waals surface area (Å²) in [5, 5.41) is 16.8. The van der Waals surface area contributed by atoms with Crippen molar-refractivity contribution in [3.05, 3.63) is 157 Å². The van der Waals surface area contributed by atoms with E-state index >= 15 is 0 Å². The van der Waals surface area contributed by atoms with Crippen molar-refractivity contribution in [2.24, 2.45) is 0 Å². The summed E-state index contributed by atoms with van der Waals surface area (Å²) < 4.78 is 15.1. The fourth-order valence-electron chi connectivity index (χ4n) is 7.24. The Morgan fingerprint density at radius 1 is 0.688 bits per heavy atom. The number of para-hydroxylation sites is 3. The van der Waals surface area contributed by atoms with Crippen LogP contribution in [0.1, 0.15) is 18.1 Å². The predicted molar refractivity (Wildman–Crippen MR) is 198 cm³/mol. The van der Waals surface area contributed by atoms with Gasteiger partial charge in [0.15, 0.2) is 0 Å². The second kappa shape index (κ2) is 10.8. The second-order valence-corrected chi connectivity index (χ2v) is 12.0. The molecule has 0 amide bonds. The number of fused-ring (bicyclic) bond motifs is 10. The van der Waals surface area contributed by atoms with Crippen LogP contribution >= 0.6 is 0 Å². The topological polar surface area (TPSA) is 55.0 Å². The Morgan fingerprint density at radius 2 is 1.31 bits per heavy atom. The van der Waals surface area contributed by atoms with Gasteiger partial charge in [-0.1, -0.05) is 91.5 Å². The molecular formula is C44H28N2O2. The van der Waals surface area contributed by atoms with E-state index in [4.69, 9.17) is 8.83 Å². The Kier molecular flexibility index (Phi) is 6.21. The second-order valence-electron chi connectivity index (χ2n) is 12.0. The Hall–Kier alpha value is -6.57. The smallest absolute Gasteiger partial charge is 0.136 e.